The van der Waals surface area contributed by atoms with Gasteiger partial charge < -0.3 is 19.6 Å². The van der Waals surface area contributed by atoms with Crippen molar-refractivity contribution in [2.45, 2.75) is 5.92 Å². The smallest absolute Gasteiger partial charge is 0.331 e. The molecule has 0 bridgehead atoms. The molecule has 1 atom stereocenters. The first-order valence-corrected chi connectivity index (χ1v) is 10.3. The van der Waals surface area contributed by atoms with Crippen molar-refractivity contribution in [1.29, 1.82) is 0 Å². The van der Waals surface area contributed by atoms with Gasteiger partial charge in [-0.05, 0) is 30.3 Å². The van der Waals surface area contributed by atoms with Gasteiger partial charge in [0.15, 0.2) is 0 Å². The van der Waals surface area contributed by atoms with Gasteiger partial charge in [0.2, 0.25) is 11.8 Å². The van der Waals surface area contributed by atoms with Crippen molar-refractivity contribution in [3.8, 4) is 23.0 Å². The normalized spacial score (nSPS) is 13.9. The summed E-state index contributed by atoms with van der Waals surface area (Å²) in [6, 6.07) is 14.4. The maximum Gasteiger partial charge on any atom is 0.331 e. The molecule has 0 saturated carbocycles. The molecule has 0 aliphatic carbocycles. The molecule has 1 unspecified atom stereocenters. The van der Waals surface area contributed by atoms with E-state index in [1.54, 1.807) is 38.4 Å². The molecule has 3 heterocycles. The van der Waals surface area contributed by atoms with Crippen LogP contribution in [0.5, 0.6) is 11.8 Å². The number of amides is 1. The number of carboxylic acid groups (broad SMARTS) is 1. The molecule has 4 rings (SSSR count). The van der Waals surface area contributed by atoms with E-state index >= 15 is 0 Å². The number of carboxylic acids is 1. The van der Waals surface area contributed by atoms with Gasteiger partial charge in [-0.1, -0.05) is 24.8 Å². The van der Waals surface area contributed by atoms with Crippen LogP contribution in [0.2, 0.25) is 0 Å². The molecule has 0 spiro atoms. The summed E-state index contributed by atoms with van der Waals surface area (Å²) < 4.78 is 6.04. The van der Waals surface area contributed by atoms with Crippen LogP contribution < -0.4 is 9.64 Å². The summed E-state index contributed by atoms with van der Waals surface area (Å²) in [5, 5.41) is 9.65. The fourth-order valence-corrected chi connectivity index (χ4v) is 3.71. The summed E-state index contributed by atoms with van der Waals surface area (Å²) >= 11 is 0. The number of anilines is 1. The quantitative estimate of drug-likeness (QED) is 0.598. The number of carbonyl (C=O) groups is 2. The van der Waals surface area contributed by atoms with Crippen molar-refractivity contribution < 1.29 is 19.4 Å². The van der Waals surface area contributed by atoms with Gasteiger partial charge in [-0.25, -0.2) is 9.78 Å². The number of carbonyl (C=O) groups excluding carboxylic acids is 1. The molecule has 1 aromatic carbocycles. The lowest BCUT2D eigenvalue weighted by atomic mass is 9.85. The molecule has 1 aliphatic rings. The number of hydrogen-bond acceptors (Lipinski definition) is 6. The highest BCUT2D eigenvalue weighted by Crippen LogP contribution is 2.46. The Morgan fingerprint density at radius 3 is 2.09 bits per heavy atom. The first-order chi connectivity index (χ1) is 15.7. The summed E-state index contributed by atoms with van der Waals surface area (Å²) in [6.45, 7) is 3.80. The van der Waals surface area contributed by atoms with E-state index < -0.39 is 11.9 Å². The van der Waals surface area contributed by atoms with Gasteiger partial charge >= 0.3 is 5.97 Å². The van der Waals surface area contributed by atoms with Crippen molar-refractivity contribution >= 4 is 17.7 Å². The first-order valence-electron chi connectivity index (χ1n) is 10.3. The largest absolute Gasteiger partial charge is 0.478 e. The molecule has 33 heavy (non-hydrogen) atoms. The molecule has 0 saturated heterocycles. The van der Waals surface area contributed by atoms with E-state index in [-0.39, 0.29) is 17.4 Å². The summed E-state index contributed by atoms with van der Waals surface area (Å²) in [4.78, 5) is 36.5. The van der Waals surface area contributed by atoms with Crippen LogP contribution in [0, 0.1) is 0 Å². The monoisotopic (exact) mass is 444 g/mol. The van der Waals surface area contributed by atoms with Gasteiger partial charge in [-0.3, -0.25) is 4.79 Å². The number of aromatic nitrogens is 2. The first kappa shape index (κ1) is 22.0. The Morgan fingerprint density at radius 2 is 1.52 bits per heavy atom. The highest BCUT2D eigenvalue weighted by molar-refractivity contribution is 5.94. The summed E-state index contributed by atoms with van der Waals surface area (Å²) in [7, 11) is 7.13. The molecule has 1 aliphatic heterocycles. The van der Waals surface area contributed by atoms with Crippen LogP contribution in [0.25, 0.3) is 11.3 Å². The molecule has 0 radical (unpaired) electrons. The second kappa shape index (κ2) is 8.38. The van der Waals surface area contributed by atoms with E-state index in [4.69, 9.17) is 4.74 Å². The minimum atomic E-state index is -1.10. The molecule has 8 heteroatoms. The van der Waals surface area contributed by atoms with E-state index in [2.05, 4.69) is 16.5 Å². The van der Waals surface area contributed by atoms with E-state index in [0.29, 0.717) is 34.1 Å². The zero-order chi connectivity index (χ0) is 23.9. The van der Waals surface area contributed by atoms with Gasteiger partial charge in [-0.15, -0.1) is 0 Å². The number of nitrogens with zero attached hydrogens (tertiary/aromatic N) is 4. The van der Waals surface area contributed by atoms with Crippen LogP contribution in [-0.2, 0) is 4.79 Å². The molecular weight excluding hydrogens is 420 g/mol. The average Bonchev–Trinajstić information content (AvgIpc) is 2.80. The highest BCUT2D eigenvalue weighted by Gasteiger charge is 2.34. The summed E-state index contributed by atoms with van der Waals surface area (Å²) in [5.41, 5.74) is 3.25. The zero-order valence-corrected chi connectivity index (χ0v) is 18.9. The SMILES string of the molecule is C=C(C(=O)O)C1c2ccc(-c3ccc(C(=O)N(C)C)cc3)nc2Oc2nc(N(C)C)ccc21. The molecule has 2 aromatic heterocycles. The van der Waals surface area contributed by atoms with Crippen molar-refractivity contribution in [2.24, 2.45) is 0 Å². The predicted molar refractivity (Wildman–Crippen MR) is 125 cm³/mol. The number of pyridine rings is 2. The Labute approximate surface area is 191 Å². The molecule has 3 aromatic rings. The second-order valence-electron chi connectivity index (χ2n) is 8.19. The zero-order valence-electron chi connectivity index (χ0n) is 18.9. The van der Waals surface area contributed by atoms with E-state index in [0.717, 1.165) is 5.56 Å². The minimum Gasteiger partial charge on any atom is -0.478 e. The summed E-state index contributed by atoms with van der Waals surface area (Å²) in [6.07, 6.45) is 0. The number of hydrogen-bond donors (Lipinski definition) is 1. The van der Waals surface area contributed by atoms with E-state index in [1.807, 2.05) is 43.3 Å². The third-order valence-electron chi connectivity index (χ3n) is 5.50. The van der Waals surface area contributed by atoms with Gasteiger partial charge in [-0.2, -0.15) is 4.98 Å². The molecular formula is C25H24N4O4. The third-order valence-corrected chi connectivity index (χ3v) is 5.50. The molecule has 8 nitrogen and oxygen atoms in total. The number of aliphatic carboxylic acids is 1. The molecule has 1 amide bonds. The lowest BCUT2D eigenvalue weighted by molar-refractivity contribution is -0.132. The van der Waals surface area contributed by atoms with Crippen molar-refractivity contribution in [1.82, 2.24) is 14.9 Å². The summed E-state index contributed by atoms with van der Waals surface area (Å²) in [5.74, 6) is -0.555. The number of fused-ring (bicyclic) bond motifs is 2. The molecule has 168 valence electrons. The fourth-order valence-electron chi connectivity index (χ4n) is 3.71. The average molecular weight is 444 g/mol. The Bertz CT molecular complexity index is 1270. The predicted octanol–water partition coefficient (Wildman–Crippen LogP) is 3.79. The van der Waals surface area contributed by atoms with Crippen LogP contribution in [0.4, 0.5) is 5.82 Å². The maximum atomic E-state index is 12.2. The van der Waals surface area contributed by atoms with Gasteiger partial charge in [0.25, 0.3) is 5.91 Å². The third kappa shape index (κ3) is 4.03. The Kier molecular flexibility index (Phi) is 5.59. The topological polar surface area (TPSA) is 95.9 Å². The van der Waals surface area contributed by atoms with Crippen molar-refractivity contribution in [3.63, 3.8) is 0 Å². The van der Waals surface area contributed by atoms with Crippen LogP contribution in [-0.4, -0.2) is 60.0 Å². The standard InChI is InChI=1S/C25H24N4O4/c1-14(25(31)32)21-17-10-12-19(15-6-8-16(9-7-15)24(30)29(4)5)26-22(17)33-23-18(21)11-13-20(27-23)28(2)3/h6-13,21H,1H2,2-5H3,(H,31,32). The molecule has 1 N–H and O–H groups in total. The van der Waals surface area contributed by atoms with Gasteiger partial charge in [0.1, 0.15) is 5.82 Å². The van der Waals surface area contributed by atoms with Crippen LogP contribution in [0.15, 0.2) is 60.7 Å². The van der Waals surface area contributed by atoms with E-state index in [1.165, 1.54) is 4.90 Å². The number of benzene rings is 1. The second-order valence-corrected chi connectivity index (χ2v) is 8.19. The number of ether oxygens (including phenoxy) is 1. The maximum absolute atomic E-state index is 12.2. The Morgan fingerprint density at radius 1 is 0.909 bits per heavy atom. The van der Waals surface area contributed by atoms with Crippen LogP contribution in [0.1, 0.15) is 27.4 Å². The highest BCUT2D eigenvalue weighted by atomic mass is 16.5. The van der Waals surface area contributed by atoms with Gasteiger partial charge in [0, 0.05) is 56.0 Å². The van der Waals surface area contributed by atoms with Crippen molar-refractivity contribution in [2.75, 3.05) is 33.1 Å². The van der Waals surface area contributed by atoms with Crippen LogP contribution in [0.3, 0.4) is 0 Å². The fraction of sp³-hybridized carbons (Fsp3) is 0.200. The Hall–Kier alpha value is -4.20. The number of rotatable bonds is 5. The van der Waals surface area contributed by atoms with Crippen molar-refractivity contribution in [3.05, 3.63) is 77.4 Å². The lowest BCUT2D eigenvalue weighted by Gasteiger charge is -2.28. The van der Waals surface area contributed by atoms with Crippen LogP contribution >= 0.6 is 0 Å². The lowest BCUT2D eigenvalue weighted by Crippen LogP contribution is -2.21. The van der Waals surface area contributed by atoms with E-state index in [9.17, 15) is 14.7 Å². The Balaban J connectivity index is 1.77. The van der Waals surface area contributed by atoms with Gasteiger partial charge in [0.05, 0.1) is 11.6 Å². The minimum absolute atomic E-state index is 0.0151. The molecule has 0 fully saturated rings.